The van der Waals surface area contributed by atoms with Gasteiger partial charge in [0.05, 0.1) is 26.4 Å². The molecule has 8 aromatic carbocycles. The number of rotatable bonds is 36. The van der Waals surface area contributed by atoms with Crippen molar-refractivity contribution in [3.05, 3.63) is 216 Å². The third-order valence-corrected chi connectivity index (χ3v) is 24.6. The summed E-state index contributed by atoms with van der Waals surface area (Å²) in [6.07, 6.45) is 1.54. The van der Waals surface area contributed by atoms with Crippen LogP contribution in [-0.2, 0) is 109 Å². The maximum absolute atomic E-state index is 12.4. The number of anilines is 3. The third kappa shape index (κ3) is 20.8. The number of hydrogen-bond donors (Lipinski definition) is 4. The molecule has 0 radical (unpaired) electrons. The van der Waals surface area contributed by atoms with Crippen LogP contribution in [-0.4, -0.2) is 225 Å². The van der Waals surface area contributed by atoms with E-state index in [1.165, 1.54) is 63.6 Å². The average molecular weight is 1710 g/mol. The summed E-state index contributed by atoms with van der Waals surface area (Å²) in [6, 6.07) is 45.0. The number of phenols is 3. The Balaban J connectivity index is 0.000000190. The summed E-state index contributed by atoms with van der Waals surface area (Å²) in [6.45, 7) is 29.6. The van der Waals surface area contributed by atoms with E-state index in [1.54, 1.807) is 98.3 Å². The summed E-state index contributed by atoms with van der Waals surface area (Å²) < 4.78 is 58.0. The highest BCUT2D eigenvalue weighted by atomic mass is 16.5. The fraction of sp³-hybridized carbons (Fsp3) is 0.495. The van der Waals surface area contributed by atoms with E-state index >= 15 is 0 Å². The van der Waals surface area contributed by atoms with E-state index in [0.29, 0.717) is 77.9 Å². The van der Waals surface area contributed by atoms with Gasteiger partial charge in [-0.05, 0) is 176 Å². The van der Waals surface area contributed by atoms with Gasteiger partial charge in [-0.15, -0.1) is 0 Å². The molecule has 13 rings (SSSR count). The number of carbonyl (C=O) groups excluding carboxylic acids is 2. The van der Waals surface area contributed by atoms with Crippen LogP contribution in [0.1, 0.15) is 196 Å². The molecule has 2 aliphatic heterocycles. The Bertz CT molecular complexity index is 4750. The molecule has 0 saturated carbocycles. The molecule has 124 heavy (non-hydrogen) atoms. The zero-order valence-electron chi connectivity index (χ0n) is 77.2. The fourth-order valence-electron chi connectivity index (χ4n) is 17.5. The molecule has 0 bridgehead atoms. The molecular weight excluding hydrogens is 1580 g/mol. The first-order valence-electron chi connectivity index (χ1n) is 42.6. The van der Waals surface area contributed by atoms with Crippen molar-refractivity contribution in [1.82, 2.24) is 34.6 Å². The number of aryl methyl sites for hydroxylation is 3. The molecule has 3 heterocycles. The minimum absolute atomic E-state index is 0.114. The van der Waals surface area contributed by atoms with Gasteiger partial charge in [0, 0.05) is 119 Å². The number of aliphatic hydroxyl groups excluding tert-OH is 1. The summed E-state index contributed by atoms with van der Waals surface area (Å²) in [4.78, 5) is 50.1. The lowest BCUT2D eigenvalue weighted by Crippen LogP contribution is -2.47. The van der Waals surface area contributed by atoms with E-state index in [0.717, 1.165) is 62.9 Å². The number of carbonyl (C=O) groups is 2. The molecule has 9 aromatic rings. The number of phenolic OH excluding ortho intramolecular Hbond substituents is 3. The van der Waals surface area contributed by atoms with Crippen molar-refractivity contribution in [3.63, 3.8) is 0 Å². The zero-order valence-corrected chi connectivity index (χ0v) is 77.2. The molecule has 4 aliphatic rings. The van der Waals surface area contributed by atoms with Gasteiger partial charge in [-0.1, -0.05) is 172 Å². The average Bonchev–Trinajstić information content (AvgIpc) is 1.72. The van der Waals surface area contributed by atoms with Gasteiger partial charge < -0.3 is 82.3 Å². The topological polar surface area (TPSA) is 278 Å². The molecule has 0 spiro atoms. The van der Waals surface area contributed by atoms with E-state index in [2.05, 4.69) is 186 Å². The van der Waals surface area contributed by atoms with Crippen LogP contribution in [0.3, 0.4) is 0 Å². The standard InChI is InChI=1S/C41H52O6.C15H30N6O6.C15H16O.C14H14.C12H22N4O4/c1-10-26-17-34(18-27(11-2)37(26)42)40(4,5)32-13-15-33(16-14-32)41(6,35-19-28(12-3)38(43)29(20-35)23-45-7)36-21-30(24-46-8)39(44)31(22-36)25-47-9;1-22-7-19(8-23-2)13-16-14(20(9-24-3)10-25-4)18-15(17-13)21(11-26-5)12-27-6;1-9-10(2)13-7-6-11(8-16)14-5-3-4-12(9)15(13)14;1-9-10(2)13-8-4-6-11-5-3-7-12(9)14(11)13;1-5-13-9-10(15(7-19-3)11(13)17)16(8-20-4)12(18)14(9)6-2/h13-22,42-44H,10-12,23-25H2,1-9H3;7-12H2,1-6H3;3-7,9-10,16H,8H2,1-2H3;3-10H,1-2H3;9-10H,5-8H2,1-4H3. The Morgan fingerprint density at radius 3 is 1.03 bits per heavy atom. The number of fused-ring (bicyclic) bond motifs is 1. The van der Waals surface area contributed by atoms with E-state index in [9.17, 15) is 30.0 Å². The molecule has 5 unspecified atom stereocenters. The van der Waals surface area contributed by atoms with Crippen LogP contribution >= 0.6 is 0 Å². The van der Waals surface area contributed by atoms with E-state index in [4.69, 9.17) is 52.1 Å². The molecule has 2 saturated heterocycles. The summed E-state index contributed by atoms with van der Waals surface area (Å²) in [5.74, 6) is 4.48. The second kappa shape index (κ2) is 45.3. The Labute approximate surface area is 733 Å². The Kier molecular flexibility index (Phi) is 35.8. The number of aromatic nitrogens is 3. The molecule has 4 N–H and O–H groups in total. The number of likely N-dealkylation sites (N-methyl/N-ethyl adjacent to an activating group) is 2. The van der Waals surface area contributed by atoms with Gasteiger partial charge in [0.2, 0.25) is 17.8 Å². The first-order chi connectivity index (χ1) is 59.7. The number of hydrogen-bond acceptors (Lipinski definition) is 23. The Morgan fingerprint density at radius 1 is 0.363 bits per heavy atom. The lowest BCUT2D eigenvalue weighted by molar-refractivity contribution is -0.00235. The highest BCUT2D eigenvalue weighted by Crippen LogP contribution is 2.50. The first-order valence-corrected chi connectivity index (χ1v) is 42.6. The largest absolute Gasteiger partial charge is 0.507 e. The van der Waals surface area contributed by atoms with Crippen molar-refractivity contribution in [1.29, 1.82) is 0 Å². The Morgan fingerprint density at radius 2 is 0.685 bits per heavy atom. The van der Waals surface area contributed by atoms with Crippen LogP contribution in [0.5, 0.6) is 17.2 Å². The second-order valence-corrected chi connectivity index (χ2v) is 32.4. The molecule has 5 atom stereocenters. The van der Waals surface area contributed by atoms with Crippen molar-refractivity contribution >= 4 is 51.5 Å². The SMILES string of the molecule is CC1c2cccc3c(CO)ccc(c23)C1C.CC1c2cccc3cccc(c23)C1C.CCN1C(=O)N(COC)C2C1N(CC)C(=O)N2COC.CCc1cc(C(C)(C)c2ccc(C(C)(c3cc(CC)c(O)c(COC)c3)c3cc(COC)c(O)c(COC)c3)cc2)cc(CC)c1O.COCN(COC)c1nc(N(COC)COC)nc(N(COC)COC)n1. The number of ether oxygens (including phenoxy) is 11. The first kappa shape index (κ1) is 97.9. The number of benzene rings is 8. The van der Waals surface area contributed by atoms with Crippen molar-refractivity contribution in [2.24, 2.45) is 0 Å². The molecule has 4 amide bonds. The predicted molar refractivity (Wildman–Crippen MR) is 485 cm³/mol. The number of methoxy groups -OCH3 is 11. The lowest BCUT2D eigenvalue weighted by Gasteiger charge is -2.35. The predicted octanol–water partition coefficient (Wildman–Crippen LogP) is 16.5. The van der Waals surface area contributed by atoms with Gasteiger partial charge in [-0.2, -0.15) is 15.0 Å². The summed E-state index contributed by atoms with van der Waals surface area (Å²) >= 11 is 0. The van der Waals surface area contributed by atoms with Crippen LogP contribution in [0.25, 0.3) is 21.5 Å². The van der Waals surface area contributed by atoms with Gasteiger partial charge in [-0.3, -0.25) is 24.5 Å². The number of aromatic hydroxyl groups is 3. The smallest absolute Gasteiger partial charge is 0.325 e. The zero-order chi connectivity index (χ0) is 90.4. The van der Waals surface area contributed by atoms with Gasteiger partial charge in [0.25, 0.3) is 0 Å². The molecule has 2 aliphatic carbocycles. The van der Waals surface area contributed by atoms with E-state index in [-0.39, 0.29) is 122 Å². The minimum atomic E-state index is -0.690. The van der Waals surface area contributed by atoms with Gasteiger partial charge in [0.15, 0.2) is 6.17 Å². The highest BCUT2D eigenvalue weighted by molar-refractivity contribution is 5.95. The third-order valence-electron chi connectivity index (χ3n) is 24.6. The molecule has 27 heteroatoms. The van der Waals surface area contributed by atoms with Gasteiger partial charge in [0.1, 0.15) is 77.3 Å². The van der Waals surface area contributed by atoms with Crippen LogP contribution in [0.15, 0.2) is 127 Å². The Hall–Kier alpha value is -9.85. The second-order valence-electron chi connectivity index (χ2n) is 32.4. The van der Waals surface area contributed by atoms with Crippen LogP contribution in [0.4, 0.5) is 27.4 Å². The molecular formula is C97H134N10O17. The maximum Gasteiger partial charge on any atom is 0.325 e. The van der Waals surface area contributed by atoms with Gasteiger partial charge >= 0.3 is 12.1 Å². The van der Waals surface area contributed by atoms with Gasteiger partial charge in [-0.25, -0.2) is 9.59 Å². The van der Waals surface area contributed by atoms with E-state index < -0.39 is 5.41 Å². The fourth-order valence-corrected chi connectivity index (χ4v) is 17.5. The monoisotopic (exact) mass is 1710 g/mol. The van der Waals surface area contributed by atoms with Crippen LogP contribution in [0, 0.1) is 0 Å². The minimum Gasteiger partial charge on any atom is -0.507 e. The van der Waals surface area contributed by atoms with Crippen molar-refractivity contribution < 1.29 is 82.1 Å². The summed E-state index contributed by atoms with van der Waals surface area (Å²) in [5.41, 5.74) is 16.2. The summed E-state index contributed by atoms with van der Waals surface area (Å²) in [7, 11) is 17.4. The highest BCUT2D eigenvalue weighted by Gasteiger charge is 2.58. The maximum atomic E-state index is 12.4. The number of aliphatic hydroxyl groups is 1. The normalized spacial score (nSPS) is 17.3. The van der Waals surface area contributed by atoms with Crippen LogP contribution < -0.4 is 14.7 Å². The number of nitrogens with zero attached hydrogens (tertiary/aromatic N) is 10. The quantitative estimate of drug-likeness (QED) is 0.0210. The van der Waals surface area contributed by atoms with Crippen LogP contribution in [0.2, 0.25) is 0 Å². The van der Waals surface area contributed by atoms with Crippen molar-refractivity contribution in [2.75, 3.05) is 160 Å². The van der Waals surface area contributed by atoms with Crippen molar-refractivity contribution in [3.8, 4) is 17.2 Å². The van der Waals surface area contributed by atoms with Crippen molar-refractivity contribution in [2.45, 2.75) is 176 Å². The molecule has 674 valence electrons. The molecule has 2 fully saturated rings. The van der Waals surface area contributed by atoms with E-state index in [1.807, 2.05) is 39.0 Å². The molecule has 27 nitrogen and oxygen atoms in total. The summed E-state index contributed by atoms with van der Waals surface area (Å²) in [5, 5.41) is 47.9. The molecule has 1 aromatic heterocycles. The number of amides is 4. The lowest BCUT2D eigenvalue weighted by atomic mass is 9.68. The number of urea groups is 2.